The highest BCUT2D eigenvalue weighted by Gasteiger charge is 2.24. The standard InChI is InChI=1S/C54H87NO5/c1-4-7-10-13-16-19-22-24-25-26-27-28-30-32-35-38-41-44-47-54(59)60-50(45-42-39-36-33-31-29-23-20-17-14-11-8-5-2)48-53(58)55-51(49-56)52(57)46-43-40-37-34-21-18-15-12-9-6-3/h8,10-11,13-14,16-17,19-20,22-29,31,33,36,50-52,56-57H,4-7,9,12,15,18,21,30,32,34-35,37-49H2,1-3H3,(H,55,58)/b11-8+,13-10+,17-14+,19-16+,23-20-,24-22+,26-25+,28-27+,31-29-,36-33+. The second-order valence-corrected chi connectivity index (χ2v) is 15.7. The number of carbonyl (C=O) groups is 2. The molecule has 0 fully saturated rings. The number of aliphatic hydroxyl groups is 2. The number of unbranched alkanes of at least 4 members (excludes halogenated alkanes) is 16. The molecule has 0 saturated carbocycles. The monoisotopic (exact) mass is 830 g/mol. The summed E-state index contributed by atoms with van der Waals surface area (Å²) in [5.74, 6) is -0.591. The Morgan fingerprint density at radius 3 is 1.47 bits per heavy atom. The lowest BCUT2D eigenvalue weighted by Crippen LogP contribution is -2.46. The highest BCUT2D eigenvalue weighted by atomic mass is 16.5. The number of esters is 1. The number of nitrogens with one attached hydrogen (secondary N) is 1. The molecule has 0 saturated heterocycles. The molecule has 0 spiro atoms. The smallest absolute Gasteiger partial charge is 0.306 e. The average Bonchev–Trinajstić information content (AvgIpc) is 3.24. The Bertz CT molecular complexity index is 1300. The summed E-state index contributed by atoms with van der Waals surface area (Å²) < 4.78 is 5.87. The Balaban J connectivity index is 4.78. The summed E-state index contributed by atoms with van der Waals surface area (Å²) in [6.07, 6.45) is 64.0. The van der Waals surface area contributed by atoms with Crippen molar-refractivity contribution in [3.63, 3.8) is 0 Å². The number of allylic oxidation sites excluding steroid dienone is 20. The van der Waals surface area contributed by atoms with E-state index in [0.29, 0.717) is 19.3 Å². The fourth-order valence-corrected chi connectivity index (χ4v) is 6.43. The zero-order valence-electron chi connectivity index (χ0n) is 38.3. The predicted octanol–water partition coefficient (Wildman–Crippen LogP) is 14.1. The fourth-order valence-electron chi connectivity index (χ4n) is 6.43. The Labute approximate surface area is 368 Å². The summed E-state index contributed by atoms with van der Waals surface area (Å²) in [5, 5.41) is 23.6. The minimum absolute atomic E-state index is 0.00928. The maximum atomic E-state index is 13.1. The van der Waals surface area contributed by atoms with Crippen molar-refractivity contribution in [1.82, 2.24) is 5.32 Å². The van der Waals surface area contributed by atoms with Crippen LogP contribution in [-0.4, -0.2) is 46.9 Å². The van der Waals surface area contributed by atoms with Gasteiger partial charge in [0.15, 0.2) is 0 Å². The first-order valence-corrected chi connectivity index (χ1v) is 23.9. The van der Waals surface area contributed by atoms with Crippen molar-refractivity contribution < 1.29 is 24.5 Å². The van der Waals surface area contributed by atoms with E-state index in [1.54, 1.807) is 0 Å². The molecule has 0 aliphatic carbocycles. The van der Waals surface area contributed by atoms with Crippen molar-refractivity contribution >= 4 is 11.9 Å². The molecule has 0 bridgehead atoms. The number of hydrogen-bond acceptors (Lipinski definition) is 5. The third-order valence-electron chi connectivity index (χ3n) is 10.0. The van der Waals surface area contributed by atoms with Crippen LogP contribution in [0.2, 0.25) is 0 Å². The van der Waals surface area contributed by atoms with Gasteiger partial charge in [-0.15, -0.1) is 0 Å². The maximum absolute atomic E-state index is 13.1. The minimum Gasteiger partial charge on any atom is -0.462 e. The van der Waals surface area contributed by atoms with Crippen LogP contribution in [0.4, 0.5) is 0 Å². The van der Waals surface area contributed by atoms with E-state index in [2.05, 4.69) is 68.6 Å². The molecule has 1 amide bonds. The molecule has 0 heterocycles. The van der Waals surface area contributed by atoms with Crippen LogP contribution in [0.25, 0.3) is 0 Å². The van der Waals surface area contributed by atoms with Gasteiger partial charge in [-0.2, -0.15) is 0 Å². The largest absolute Gasteiger partial charge is 0.462 e. The zero-order valence-corrected chi connectivity index (χ0v) is 38.3. The van der Waals surface area contributed by atoms with Gasteiger partial charge in [-0.3, -0.25) is 9.59 Å². The van der Waals surface area contributed by atoms with E-state index in [1.165, 1.54) is 51.4 Å². The number of amides is 1. The Morgan fingerprint density at radius 2 is 0.950 bits per heavy atom. The molecule has 60 heavy (non-hydrogen) atoms. The molecule has 6 heteroatoms. The Hall–Kier alpha value is -3.74. The Kier molecular flexibility index (Phi) is 43.4. The highest BCUT2D eigenvalue weighted by Crippen LogP contribution is 2.16. The summed E-state index contributed by atoms with van der Waals surface area (Å²) in [7, 11) is 0. The van der Waals surface area contributed by atoms with Crippen molar-refractivity contribution in [1.29, 1.82) is 0 Å². The molecule has 0 radical (unpaired) electrons. The second-order valence-electron chi connectivity index (χ2n) is 15.7. The molecule has 3 atom stereocenters. The third-order valence-corrected chi connectivity index (χ3v) is 10.0. The first-order valence-electron chi connectivity index (χ1n) is 23.9. The van der Waals surface area contributed by atoms with E-state index in [1.807, 2.05) is 79.0 Å². The van der Waals surface area contributed by atoms with Crippen molar-refractivity contribution in [2.75, 3.05) is 6.61 Å². The van der Waals surface area contributed by atoms with Gasteiger partial charge in [0.1, 0.15) is 6.10 Å². The molecule has 3 N–H and O–H groups in total. The van der Waals surface area contributed by atoms with E-state index in [-0.39, 0.29) is 24.9 Å². The number of hydrogen-bond donors (Lipinski definition) is 3. The normalized spacial score (nSPS) is 14.4. The topological polar surface area (TPSA) is 95.9 Å². The lowest BCUT2D eigenvalue weighted by Gasteiger charge is -2.24. The number of ether oxygens (including phenoxy) is 1. The maximum Gasteiger partial charge on any atom is 0.306 e. The van der Waals surface area contributed by atoms with Crippen LogP contribution in [0.5, 0.6) is 0 Å². The van der Waals surface area contributed by atoms with Crippen molar-refractivity contribution in [2.45, 2.75) is 200 Å². The lowest BCUT2D eigenvalue weighted by molar-refractivity contribution is -0.151. The summed E-state index contributed by atoms with van der Waals surface area (Å²) in [6.45, 7) is 6.18. The van der Waals surface area contributed by atoms with Crippen LogP contribution in [0.1, 0.15) is 181 Å². The first kappa shape index (κ1) is 56.3. The highest BCUT2D eigenvalue weighted by molar-refractivity contribution is 5.77. The van der Waals surface area contributed by atoms with Crippen molar-refractivity contribution in [3.8, 4) is 0 Å². The van der Waals surface area contributed by atoms with Gasteiger partial charge in [0, 0.05) is 6.42 Å². The SMILES string of the molecule is CC/C=C/C=C/C=C\C=C/C=C/CCCC(CC(=O)NC(CO)C(O)CCCCCCCCCCCC)OC(=O)CCCCCCC/C=C/C=C/C=C/C=C/C=C/CCC. The summed E-state index contributed by atoms with van der Waals surface area (Å²) in [6, 6.07) is -0.737. The molecular weight excluding hydrogens is 743 g/mol. The third kappa shape index (κ3) is 41.0. The van der Waals surface area contributed by atoms with Gasteiger partial charge in [0.25, 0.3) is 0 Å². The van der Waals surface area contributed by atoms with Crippen LogP contribution < -0.4 is 5.32 Å². The molecule has 0 aliphatic rings. The van der Waals surface area contributed by atoms with Crippen LogP contribution in [-0.2, 0) is 14.3 Å². The quantitative estimate of drug-likeness (QED) is 0.0325. The van der Waals surface area contributed by atoms with Gasteiger partial charge in [0.05, 0.1) is 25.2 Å². The van der Waals surface area contributed by atoms with Crippen LogP contribution >= 0.6 is 0 Å². The number of rotatable bonds is 40. The van der Waals surface area contributed by atoms with Gasteiger partial charge in [-0.05, 0) is 57.8 Å². The fraction of sp³-hybridized carbons (Fsp3) is 0.593. The van der Waals surface area contributed by atoms with E-state index in [9.17, 15) is 19.8 Å². The molecule has 3 unspecified atom stereocenters. The predicted molar refractivity (Wildman–Crippen MR) is 259 cm³/mol. The van der Waals surface area contributed by atoms with E-state index < -0.39 is 18.2 Å². The molecular formula is C54H87NO5. The van der Waals surface area contributed by atoms with E-state index >= 15 is 0 Å². The number of carbonyl (C=O) groups excluding carboxylic acids is 2. The minimum atomic E-state index is -0.818. The average molecular weight is 830 g/mol. The zero-order chi connectivity index (χ0) is 43.8. The summed E-state index contributed by atoms with van der Waals surface area (Å²) in [4.78, 5) is 26.0. The van der Waals surface area contributed by atoms with Crippen LogP contribution in [0.3, 0.4) is 0 Å². The van der Waals surface area contributed by atoms with Crippen molar-refractivity contribution in [3.05, 3.63) is 122 Å². The van der Waals surface area contributed by atoms with Crippen LogP contribution in [0.15, 0.2) is 122 Å². The lowest BCUT2D eigenvalue weighted by atomic mass is 10.0. The van der Waals surface area contributed by atoms with Crippen molar-refractivity contribution in [2.24, 2.45) is 0 Å². The van der Waals surface area contributed by atoms with E-state index in [0.717, 1.165) is 83.5 Å². The van der Waals surface area contributed by atoms with Gasteiger partial charge in [-0.1, -0.05) is 232 Å². The molecule has 0 aromatic heterocycles. The van der Waals surface area contributed by atoms with Gasteiger partial charge in [0.2, 0.25) is 5.91 Å². The van der Waals surface area contributed by atoms with Gasteiger partial charge in [-0.25, -0.2) is 0 Å². The summed E-state index contributed by atoms with van der Waals surface area (Å²) in [5.41, 5.74) is 0. The summed E-state index contributed by atoms with van der Waals surface area (Å²) >= 11 is 0. The molecule has 0 aromatic carbocycles. The van der Waals surface area contributed by atoms with Gasteiger partial charge < -0.3 is 20.3 Å². The second kappa shape index (κ2) is 46.3. The van der Waals surface area contributed by atoms with E-state index in [4.69, 9.17) is 4.74 Å². The van der Waals surface area contributed by atoms with Crippen LogP contribution in [0, 0.1) is 0 Å². The Morgan fingerprint density at radius 1 is 0.500 bits per heavy atom. The first-order chi connectivity index (χ1) is 29.5. The molecule has 338 valence electrons. The number of aliphatic hydroxyl groups excluding tert-OH is 2. The molecule has 0 aliphatic heterocycles. The molecule has 0 rings (SSSR count). The molecule has 0 aromatic rings. The molecule has 6 nitrogen and oxygen atoms in total. The van der Waals surface area contributed by atoms with Gasteiger partial charge >= 0.3 is 5.97 Å².